The Balaban J connectivity index is 2.26. The predicted molar refractivity (Wildman–Crippen MR) is 118 cm³/mol. The maximum Gasteiger partial charge on any atom is 0.255 e. The van der Waals surface area contributed by atoms with Crippen molar-refractivity contribution in [2.75, 3.05) is 13.3 Å². The third-order valence-corrected chi connectivity index (χ3v) is 7.04. The molecule has 0 bridgehead atoms. The zero-order chi connectivity index (χ0) is 21.1. The van der Waals surface area contributed by atoms with E-state index in [0.29, 0.717) is 16.6 Å². The number of carbonyl (C=O) groups excluding carboxylic acids is 1. The van der Waals surface area contributed by atoms with E-state index in [1.54, 1.807) is 50.5 Å². The molecule has 2 aromatic carbocycles. The number of rotatable bonds is 6. The number of nitrogens with one attached hydrogen (secondary N) is 1. The average molecular weight is 485 g/mol. The fraction of sp³-hybridized carbons (Fsp3) is 0.350. The summed E-state index contributed by atoms with van der Waals surface area (Å²) in [7, 11) is -2.03. The number of halogens is 1. The van der Waals surface area contributed by atoms with Gasteiger partial charge in [-0.15, -0.1) is 11.8 Å². The molecule has 0 heterocycles. The van der Waals surface area contributed by atoms with Gasteiger partial charge in [0.25, 0.3) is 5.91 Å². The van der Waals surface area contributed by atoms with Crippen molar-refractivity contribution >= 4 is 43.6 Å². The van der Waals surface area contributed by atoms with Crippen LogP contribution in [0.4, 0.5) is 0 Å². The van der Waals surface area contributed by atoms with E-state index in [0.717, 1.165) is 10.5 Å². The summed E-state index contributed by atoms with van der Waals surface area (Å²) < 4.78 is 28.4. The zero-order valence-corrected chi connectivity index (χ0v) is 19.8. The Hall–Kier alpha value is -1.35. The summed E-state index contributed by atoms with van der Waals surface area (Å²) in [5.74, 6) is -0.256. The van der Waals surface area contributed by atoms with Crippen molar-refractivity contribution in [2.45, 2.75) is 42.6 Å². The maximum atomic E-state index is 12.9. The van der Waals surface area contributed by atoms with Gasteiger partial charge < -0.3 is 4.90 Å². The van der Waals surface area contributed by atoms with Gasteiger partial charge in [-0.1, -0.05) is 12.1 Å². The maximum absolute atomic E-state index is 12.9. The minimum atomic E-state index is -3.73. The molecule has 0 aliphatic carbocycles. The number of thioether (sulfide) groups is 1. The van der Waals surface area contributed by atoms with E-state index in [9.17, 15) is 13.2 Å². The Morgan fingerprint density at radius 1 is 1.14 bits per heavy atom. The fourth-order valence-electron chi connectivity index (χ4n) is 2.58. The minimum Gasteiger partial charge on any atom is -0.337 e. The molecule has 0 unspecified atom stereocenters. The highest BCUT2D eigenvalue weighted by Crippen LogP contribution is 2.24. The van der Waals surface area contributed by atoms with Crippen LogP contribution in [0.3, 0.4) is 0 Å². The number of amides is 1. The van der Waals surface area contributed by atoms with Gasteiger partial charge in [0.05, 0.1) is 10.5 Å². The van der Waals surface area contributed by atoms with E-state index < -0.39 is 15.6 Å². The summed E-state index contributed by atoms with van der Waals surface area (Å²) in [5.41, 5.74) is 0.693. The molecule has 2 rings (SSSR count). The van der Waals surface area contributed by atoms with Crippen molar-refractivity contribution in [3.05, 3.63) is 58.1 Å². The third kappa shape index (κ3) is 6.07. The lowest BCUT2D eigenvalue weighted by atomic mass is 10.1. The Morgan fingerprint density at radius 3 is 2.29 bits per heavy atom. The van der Waals surface area contributed by atoms with E-state index in [4.69, 9.17) is 0 Å². The third-order valence-electron chi connectivity index (χ3n) is 3.84. The second-order valence-corrected chi connectivity index (χ2v) is 10.9. The molecule has 8 heteroatoms. The van der Waals surface area contributed by atoms with Gasteiger partial charge in [-0.2, -0.15) is 0 Å². The van der Waals surface area contributed by atoms with Crippen LogP contribution in [0.2, 0.25) is 0 Å². The molecule has 152 valence electrons. The van der Waals surface area contributed by atoms with Gasteiger partial charge in [0, 0.05) is 28.5 Å². The summed E-state index contributed by atoms with van der Waals surface area (Å²) in [6, 6.07) is 12.5. The second kappa shape index (κ2) is 8.98. The molecule has 0 saturated carbocycles. The quantitative estimate of drug-likeness (QED) is 0.611. The first kappa shape index (κ1) is 22.9. The van der Waals surface area contributed by atoms with Crippen LogP contribution in [0.25, 0.3) is 0 Å². The van der Waals surface area contributed by atoms with Crippen LogP contribution in [0, 0.1) is 0 Å². The summed E-state index contributed by atoms with van der Waals surface area (Å²) >= 11 is 5.03. The molecule has 0 fully saturated rings. The van der Waals surface area contributed by atoms with Crippen LogP contribution in [-0.2, 0) is 16.6 Å². The van der Waals surface area contributed by atoms with Gasteiger partial charge in [0.1, 0.15) is 0 Å². The monoisotopic (exact) mass is 484 g/mol. The van der Waals surface area contributed by atoms with Crippen molar-refractivity contribution in [3.63, 3.8) is 0 Å². The molecule has 0 atom stereocenters. The van der Waals surface area contributed by atoms with Crippen LogP contribution in [-0.4, -0.2) is 38.1 Å². The largest absolute Gasteiger partial charge is 0.337 e. The smallest absolute Gasteiger partial charge is 0.255 e. The van der Waals surface area contributed by atoms with Crippen LogP contribution >= 0.6 is 27.7 Å². The van der Waals surface area contributed by atoms with Gasteiger partial charge >= 0.3 is 0 Å². The fourth-order valence-corrected chi connectivity index (χ4v) is 4.85. The van der Waals surface area contributed by atoms with Crippen LogP contribution in [0.15, 0.2) is 56.7 Å². The summed E-state index contributed by atoms with van der Waals surface area (Å²) in [4.78, 5) is 15.7. The molecule has 1 N–H and O–H groups in total. The Morgan fingerprint density at radius 2 is 1.75 bits per heavy atom. The van der Waals surface area contributed by atoms with Crippen molar-refractivity contribution < 1.29 is 13.2 Å². The molecule has 0 aromatic heterocycles. The molecule has 0 spiro atoms. The van der Waals surface area contributed by atoms with Crippen molar-refractivity contribution in [1.82, 2.24) is 9.62 Å². The Bertz CT molecular complexity index is 952. The summed E-state index contributed by atoms with van der Waals surface area (Å²) in [6.07, 6.45) is 2.01. The van der Waals surface area contributed by atoms with Crippen molar-refractivity contribution in [2.24, 2.45) is 0 Å². The number of nitrogens with zero attached hydrogens (tertiary/aromatic N) is 1. The minimum absolute atomic E-state index is 0.0618. The van der Waals surface area contributed by atoms with Crippen LogP contribution in [0.1, 0.15) is 36.7 Å². The van der Waals surface area contributed by atoms with Gasteiger partial charge in [0.2, 0.25) is 10.0 Å². The first-order chi connectivity index (χ1) is 12.9. The average Bonchev–Trinajstić information content (AvgIpc) is 2.60. The number of carbonyl (C=O) groups is 1. The van der Waals surface area contributed by atoms with Crippen LogP contribution in [0.5, 0.6) is 0 Å². The number of hydrogen-bond acceptors (Lipinski definition) is 4. The van der Waals surface area contributed by atoms with E-state index in [1.165, 1.54) is 12.1 Å². The second-order valence-electron chi connectivity index (χ2n) is 7.51. The zero-order valence-electron chi connectivity index (χ0n) is 16.6. The Labute approximate surface area is 180 Å². The molecular formula is C20H25BrN2O3S2. The van der Waals surface area contributed by atoms with E-state index >= 15 is 0 Å². The summed E-state index contributed by atoms with van der Waals surface area (Å²) in [5, 5.41) is 0. The lowest BCUT2D eigenvalue weighted by molar-refractivity contribution is 0.0784. The van der Waals surface area contributed by atoms with E-state index in [1.807, 2.05) is 30.5 Å². The highest BCUT2D eigenvalue weighted by molar-refractivity contribution is 9.10. The highest BCUT2D eigenvalue weighted by Gasteiger charge is 2.24. The molecule has 0 aliphatic rings. The predicted octanol–water partition coefficient (Wildman–Crippen LogP) is 4.52. The van der Waals surface area contributed by atoms with E-state index in [-0.39, 0.29) is 10.8 Å². The molecular weight excluding hydrogens is 460 g/mol. The van der Waals surface area contributed by atoms with Gasteiger partial charge in [-0.05, 0) is 78.9 Å². The van der Waals surface area contributed by atoms with Crippen LogP contribution < -0.4 is 4.72 Å². The van der Waals surface area contributed by atoms with Crippen molar-refractivity contribution in [1.29, 1.82) is 0 Å². The molecule has 28 heavy (non-hydrogen) atoms. The number of benzene rings is 2. The normalized spacial score (nSPS) is 12.1. The topological polar surface area (TPSA) is 66.5 Å². The molecule has 5 nitrogen and oxygen atoms in total. The molecule has 2 aromatic rings. The van der Waals surface area contributed by atoms with Crippen molar-refractivity contribution in [3.8, 4) is 0 Å². The lowest BCUT2D eigenvalue weighted by Gasteiger charge is -2.21. The number of sulfonamides is 1. The Kier molecular flexibility index (Phi) is 7.36. The molecule has 0 aliphatic heterocycles. The highest BCUT2D eigenvalue weighted by atomic mass is 79.9. The number of hydrogen-bond donors (Lipinski definition) is 1. The molecule has 0 radical (unpaired) electrons. The summed E-state index contributed by atoms with van der Waals surface area (Å²) in [6.45, 7) is 5.74. The van der Waals surface area contributed by atoms with Gasteiger partial charge in [-0.3, -0.25) is 4.79 Å². The molecule has 0 saturated heterocycles. The van der Waals surface area contributed by atoms with Gasteiger partial charge in [0.15, 0.2) is 0 Å². The lowest BCUT2D eigenvalue weighted by Crippen LogP contribution is -2.40. The molecule has 1 amide bonds. The first-order valence-corrected chi connectivity index (χ1v) is 12.1. The van der Waals surface area contributed by atoms with E-state index in [2.05, 4.69) is 20.7 Å². The first-order valence-electron chi connectivity index (χ1n) is 8.65. The standard InChI is InChI=1S/C20H25BrN2O3S2/c1-20(2,3)22-28(25,26)16-10-11-18(21)17(12-16)19(24)23(4)13-14-6-8-15(27-5)9-7-14/h6-12,22H,13H2,1-5H3. The van der Waals surface area contributed by atoms with Gasteiger partial charge in [-0.25, -0.2) is 13.1 Å². The SMILES string of the molecule is CSc1ccc(CN(C)C(=O)c2cc(S(=O)(=O)NC(C)(C)C)ccc2Br)cc1.